The molecule has 4 nitrogen and oxygen atoms in total. The summed E-state index contributed by atoms with van der Waals surface area (Å²) in [7, 11) is 0. The number of nitrogens with one attached hydrogen (secondary N) is 1. The highest BCUT2D eigenvalue weighted by molar-refractivity contribution is 5.68. The number of rotatable bonds is 3. The Morgan fingerprint density at radius 1 is 1.30 bits per heavy atom. The Morgan fingerprint density at radius 3 is 2.57 bits per heavy atom. The van der Waals surface area contributed by atoms with E-state index in [0.29, 0.717) is 0 Å². The van der Waals surface area contributed by atoms with Crippen molar-refractivity contribution in [2.24, 2.45) is 5.41 Å². The summed E-state index contributed by atoms with van der Waals surface area (Å²) in [6, 6.07) is 10.8. The minimum Gasteiger partial charge on any atom is -0.444 e. The standard InChI is InChI=1S/C19H28N2O2/c1-18(2,3)23-17(22)20-16-13-21(14-19(16)10-7-11-19)12-15-8-5-4-6-9-15/h4-6,8-9,16H,7,10-14H2,1-3H3,(H,20,22)/t16-/m0/s1. The number of benzene rings is 1. The second kappa shape index (κ2) is 6.16. The number of nitrogens with zero attached hydrogens (tertiary/aromatic N) is 1. The van der Waals surface area contributed by atoms with Crippen LogP contribution >= 0.6 is 0 Å². The van der Waals surface area contributed by atoms with E-state index in [9.17, 15) is 4.79 Å². The first-order chi connectivity index (χ1) is 10.9. The van der Waals surface area contributed by atoms with Crippen LogP contribution in [0.25, 0.3) is 0 Å². The second-order valence-corrected chi connectivity index (χ2v) is 8.07. The van der Waals surface area contributed by atoms with Gasteiger partial charge in [-0.1, -0.05) is 36.8 Å². The predicted molar refractivity (Wildman–Crippen MR) is 91.2 cm³/mol. The quantitative estimate of drug-likeness (QED) is 0.927. The Balaban J connectivity index is 1.62. The van der Waals surface area contributed by atoms with Crippen LogP contribution in [0, 0.1) is 5.41 Å². The molecule has 1 heterocycles. The van der Waals surface area contributed by atoms with Crippen molar-refractivity contribution in [2.45, 2.75) is 58.2 Å². The minimum absolute atomic E-state index is 0.204. The largest absolute Gasteiger partial charge is 0.444 e. The molecule has 1 amide bonds. The van der Waals surface area contributed by atoms with Gasteiger partial charge in [0.2, 0.25) is 0 Å². The smallest absolute Gasteiger partial charge is 0.407 e. The van der Waals surface area contributed by atoms with Crippen molar-refractivity contribution in [1.29, 1.82) is 0 Å². The van der Waals surface area contributed by atoms with Crippen LogP contribution in [-0.2, 0) is 11.3 Å². The van der Waals surface area contributed by atoms with Crippen molar-refractivity contribution in [2.75, 3.05) is 13.1 Å². The zero-order valence-electron chi connectivity index (χ0n) is 14.5. The monoisotopic (exact) mass is 316 g/mol. The van der Waals surface area contributed by atoms with E-state index in [2.05, 4.69) is 34.5 Å². The maximum atomic E-state index is 12.2. The predicted octanol–water partition coefficient (Wildman–Crippen LogP) is 3.57. The lowest BCUT2D eigenvalue weighted by Gasteiger charge is -2.43. The summed E-state index contributed by atoms with van der Waals surface area (Å²) in [6.45, 7) is 8.65. The first-order valence-corrected chi connectivity index (χ1v) is 8.62. The Hall–Kier alpha value is -1.55. The lowest BCUT2D eigenvalue weighted by Crippen LogP contribution is -2.51. The van der Waals surface area contributed by atoms with Gasteiger partial charge in [-0.05, 0) is 39.2 Å². The summed E-state index contributed by atoms with van der Waals surface area (Å²) in [5, 5.41) is 3.14. The van der Waals surface area contributed by atoms with Gasteiger partial charge in [0.1, 0.15) is 5.60 Å². The number of hydrogen-bond donors (Lipinski definition) is 1. The SMILES string of the molecule is CC(C)(C)OC(=O)N[C@H]1CN(Cc2ccccc2)CC12CCC2. The van der Waals surface area contributed by atoms with E-state index in [4.69, 9.17) is 4.74 Å². The van der Waals surface area contributed by atoms with Gasteiger partial charge >= 0.3 is 6.09 Å². The van der Waals surface area contributed by atoms with E-state index < -0.39 is 5.60 Å². The van der Waals surface area contributed by atoms with Crippen LogP contribution < -0.4 is 5.32 Å². The molecule has 1 spiro atoms. The van der Waals surface area contributed by atoms with Crippen molar-refractivity contribution in [1.82, 2.24) is 10.2 Å². The van der Waals surface area contributed by atoms with Crippen LogP contribution in [0.15, 0.2) is 30.3 Å². The van der Waals surface area contributed by atoms with Crippen LogP contribution in [0.4, 0.5) is 4.79 Å². The Labute approximate surface area is 139 Å². The Bertz CT molecular complexity index is 546. The topological polar surface area (TPSA) is 41.6 Å². The highest BCUT2D eigenvalue weighted by Gasteiger charge is 2.51. The molecular formula is C19H28N2O2. The summed E-state index contributed by atoms with van der Waals surface area (Å²) in [6.07, 6.45) is 3.40. The molecule has 1 aliphatic heterocycles. The summed E-state index contributed by atoms with van der Waals surface area (Å²) < 4.78 is 5.45. The van der Waals surface area contributed by atoms with Gasteiger partial charge in [-0.2, -0.15) is 0 Å². The molecule has 2 aliphatic rings. The Morgan fingerprint density at radius 2 is 2.00 bits per heavy atom. The fraction of sp³-hybridized carbons (Fsp3) is 0.632. The first kappa shape index (κ1) is 16.3. The molecule has 126 valence electrons. The molecule has 4 heteroatoms. The molecule has 1 atom stereocenters. The summed E-state index contributed by atoms with van der Waals surface area (Å²) in [5.74, 6) is 0. The van der Waals surface area contributed by atoms with Gasteiger partial charge in [-0.3, -0.25) is 4.90 Å². The van der Waals surface area contributed by atoms with Crippen LogP contribution in [0.1, 0.15) is 45.6 Å². The van der Waals surface area contributed by atoms with Crippen LogP contribution in [0.5, 0.6) is 0 Å². The van der Waals surface area contributed by atoms with E-state index in [0.717, 1.165) is 19.6 Å². The van der Waals surface area contributed by atoms with E-state index in [1.807, 2.05) is 26.8 Å². The number of amides is 1. The molecule has 1 N–H and O–H groups in total. The normalized spacial score (nSPS) is 23.5. The van der Waals surface area contributed by atoms with Crippen molar-refractivity contribution in [3.63, 3.8) is 0 Å². The fourth-order valence-corrected chi connectivity index (χ4v) is 3.82. The van der Waals surface area contributed by atoms with Gasteiger partial charge in [0.15, 0.2) is 0 Å². The van der Waals surface area contributed by atoms with E-state index in [-0.39, 0.29) is 17.6 Å². The van der Waals surface area contributed by atoms with Gasteiger partial charge in [0.25, 0.3) is 0 Å². The average molecular weight is 316 g/mol. The summed E-state index contributed by atoms with van der Waals surface area (Å²) >= 11 is 0. The van der Waals surface area contributed by atoms with Gasteiger partial charge < -0.3 is 10.1 Å². The minimum atomic E-state index is -0.445. The van der Waals surface area contributed by atoms with E-state index >= 15 is 0 Å². The number of carbonyl (C=O) groups is 1. The summed E-state index contributed by atoms with van der Waals surface area (Å²) in [5.41, 5.74) is 1.14. The van der Waals surface area contributed by atoms with Gasteiger partial charge in [-0.15, -0.1) is 0 Å². The van der Waals surface area contributed by atoms with Crippen LogP contribution in [0.2, 0.25) is 0 Å². The molecule has 2 fully saturated rings. The number of likely N-dealkylation sites (tertiary alicyclic amines) is 1. The third-order valence-corrected chi connectivity index (χ3v) is 5.01. The molecule has 3 rings (SSSR count). The van der Waals surface area contributed by atoms with Gasteiger partial charge in [0.05, 0.1) is 6.04 Å². The van der Waals surface area contributed by atoms with E-state index in [1.165, 1.54) is 24.8 Å². The van der Waals surface area contributed by atoms with Crippen molar-refractivity contribution in [3.05, 3.63) is 35.9 Å². The van der Waals surface area contributed by atoms with Crippen molar-refractivity contribution in [3.8, 4) is 0 Å². The third-order valence-electron chi connectivity index (χ3n) is 5.01. The average Bonchev–Trinajstić information content (AvgIpc) is 2.76. The summed E-state index contributed by atoms with van der Waals surface area (Å²) in [4.78, 5) is 14.6. The van der Waals surface area contributed by atoms with Gasteiger partial charge in [-0.25, -0.2) is 4.79 Å². The zero-order valence-corrected chi connectivity index (χ0v) is 14.5. The van der Waals surface area contributed by atoms with Crippen LogP contribution in [-0.4, -0.2) is 35.7 Å². The lowest BCUT2D eigenvalue weighted by atomic mass is 9.66. The highest BCUT2D eigenvalue weighted by Crippen LogP contribution is 2.48. The molecule has 0 unspecified atom stereocenters. The molecule has 0 radical (unpaired) electrons. The van der Waals surface area contributed by atoms with Crippen LogP contribution in [0.3, 0.4) is 0 Å². The molecule has 1 saturated heterocycles. The lowest BCUT2D eigenvalue weighted by molar-refractivity contribution is 0.0403. The molecular weight excluding hydrogens is 288 g/mol. The molecule has 1 aliphatic carbocycles. The Kier molecular flexibility index (Phi) is 4.37. The molecule has 0 aromatic heterocycles. The van der Waals surface area contributed by atoms with Crippen molar-refractivity contribution >= 4 is 6.09 Å². The molecule has 1 aromatic rings. The fourth-order valence-electron chi connectivity index (χ4n) is 3.82. The highest BCUT2D eigenvalue weighted by atomic mass is 16.6. The maximum Gasteiger partial charge on any atom is 0.407 e. The van der Waals surface area contributed by atoms with Gasteiger partial charge in [0, 0.05) is 25.0 Å². The number of alkyl carbamates (subject to hydrolysis) is 1. The second-order valence-electron chi connectivity index (χ2n) is 8.07. The molecule has 1 saturated carbocycles. The number of carbonyl (C=O) groups excluding carboxylic acids is 1. The zero-order chi connectivity index (χ0) is 16.5. The van der Waals surface area contributed by atoms with Crippen molar-refractivity contribution < 1.29 is 9.53 Å². The molecule has 1 aromatic carbocycles. The molecule has 0 bridgehead atoms. The maximum absolute atomic E-state index is 12.2. The van der Waals surface area contributed by atoms with E-state index in [1.54, 1.807) is 0 Å². The number of ether oxygens (including phenoxy) is 1. The number of hydrogen-bond acceptors (Lipinski definition) is 3. The first-order valence-electron chi connectivity index (χ1n) is 8.62. The third kappa shape index (κ3) is 3.86. The molecule has 23 heavy (non-hydrogen) atoms.